The minimum absolute atomic E-state index is 0.104. The van der Waals surface area contributed by atoms with Crippen LogP contribution in [0.25, 0.3) is 0 Å². The van der Waals surface area contributed by atoms with Gasteiger partial charge < -0.3 is 14.4 Å². The molecule has 1 heterocycles. The van der Waals surface area contributed by atoms with E-state index in [0.29, 0.717) is 17.7 Å². The number of ether oxygens (including phenoxy) is 1. The monoisotopic (exact) mass is 329 g/mol. The molecule has 0 fully saturated rings. The molecule has 0 amide bonds. The van der Waals surface area contributed by atoms with Gasteiger partial charge in [-0.2, -0.15) is 0 Å². The van der Waals surface area contributed by atoms with Crippen LogP contribution in [0.3, 0.4) is 0 Å². The number of carbonyl (C=O) groups is 2. The number of pyridine rings is 1. The first-order chi connectivity index (χ1) is 11.4. The molecule has 1 N–H and O–H groups in total. The zero-order valence-corrected chi connectivity index (χ0v) is 13.6. The van der Waals surface area contributed by atoms with Gasteiger partial charge in [0.05, 0.1) is 6.61 Å². The van der Waals surface area contributed by atoms with E-state index in [1.54, 1.807) is 19.9 Å². The first kappa shape index (κ1) is 17.5. The average Bonchev–Trinajstić information content (AvgIpc) is 2.52. The quantitative estimate of drug-likeness (QED) is 0.819. The molecule has 0 saturated carbocycles. The van der Waals surface area contributed by atoms with Crippen LogP contribution in [-0.2, 0) is 22.5 Å². The van der Waals surface area contributed by atoms with Gasteiger partial charge in [-0.15, -0.1) is 0 Å². The molecule has 1 aromatic carbocycles. The van der Waals surface area contributed by atoms with Gasteiger partial charge in [-0.1, -0.05) is 30.3 Å². The Morgan fingerprint density at radius 2 is 1.88 bits per heavy atom. The molecule has 0 saturated heterocycles. The molecule has 6 heteroatoms. The zero-order chi connectivity index (χ0) is 17.7. The van der Waals surface area contributed by atoms with Gasteiger partial charge >= 0.3 is 11.9 Å². The number of esters is 1. The molecule has 0 spiro atoms. The molecule has 2 rings (SSSR count). The molecule has 126 valence electrons. The summed E-state index contributed by atoms with van der Waals surface area (Å²) in [6, 6.07) is 11.1. The standard InChI is InChI=1S/C18H19NO5/c1-3-24-18(23)16-14(10-13-7-5-4-6-8-13)9-12(2)19(17(16)22)11-15(20)21/h4-9H,3,10-11H2,1-2H3,(H,20,21). The van der Waals surface area contributed by atoms with Crippen LogP contribution in [0.2, 0.25) is 0 Å². The molecule has 0 aliphatic heterocycles. The van der Waals surface area contributed by atoms with Crippen LogP contribution in [0.5, 0.6) is 0 Å². The van der Waals surface area contributed by atoms with E-state index in [4.69, 9.17) is 9.84 Å². The van der Waals surface area contributed by atoms with Gasteiger partial charge in [-0.3, -0.25) is 9.59 Å². The van der Waals surface area contributed by atoms with Gasteiger partial charge in [0.25, 0.3) is 5.56 Å². The summed E-state index contributed by atoms with van der Waals surface area (Å²) in [7, 11) is 0. The molecule has 0 bridgehead atoms. The molecule has 2 aromatic rings. The van der Waals surface area contributed by atoms with E-state index < -0.39 is 24.0 Å². The summed E-state index contributed by atoms with van der Waals surface area (Å²) in [5.74, 6) is -1.88. The lowest BCUT2D eigenvalue weighted by molar-refractivity contribution is -0.137. The fourth-order valence-corrected chi connectivity index (χ4v) is 2.54. The van der Waals surface area contributed by atoms with Gasteiger partial charge in [-0.05, 0) is 37.5 Å². The Balaban J connectivity index is 2.58. The summed E-state index contributed by atoms with van der Waals surface area (Å²) in [4.78, 5) is 35.9. The fourth-order valence-electron chi connectivity index (χ4n) is 2.54. The highest BCUT2D eigenvalue weighted by Crippen LogP contribution is 2.15. The van der Waals surface area contributed by atoms with E-state index in [1.807, 2.05) is 30.3 Å². The number of rotatable bonds is 6. The summed E-state index contributed by atoms with van der Waals surface area (Å²) in [5.41, 5.74) is 1.22. The largest absolute Gasteiger partial charge is 0.480 e. The minimum Gasteiger partial charge on any atom is -0.480 e. The maximum Gasteiger partial charge on any atom is 0.344 e. The number of carboxylic acids is 1. The van der Waals surface area contributed by atoms with Gasteiger partial charge in [-0.25, -0.2) is 4.79 Å². The van der Waals surface area contributed by atoms with Gasteiger partial charge in [0.2, 0.25) is 0 Å². The third-order valence-corrected chi connectivity index (χ3v) is 3.60. The number of hydrogen-bond donors (Lipinski definition) is 1. The third-order valence-electron chi connectivity index (χ3n) is 3.60. The predicted octanol–water partition coefficient (Wildman–Crippen LogP) is 2.01. The van der Waals surface area contributed by atoms with Crippen molar-refractivity contribution in [3.8, 4) is 0 Å². The van der Waals surface area contributed by atoms with Crippen LogP contribution < -0.4 is 5.56 Å². The molecular formula is C18H19NO5. The van der Waals surface area contributed by atoms with Crippen LogP contribution in [0.15, 0.2) is 41.2 Å². The number of aliphatic carboxylic acids is 1. The summed E-state index contributed by atoms with van der Waals surface area (Å²) in [6.45, 7) is 2.94. The highest BCUT2D eigenvalue weighted by molar-refractivity contribution is 5.91. The van der Waals surface area contributed by atoms with Crippen molar-refractivity contribution in [2.45, 2.75) is 26.8 Å². The molecule has 0 unspecified atom stereocenters. The third kappa shape index (κ3) is 3.90. The van der Waals surface area contributed by atoms with Gasteiger partial charge in [0, 0.05) is 5.69 Å². The SMILES string of the molecule is CCOC(=O)c1c(Cc2ccccc2)cc(C)n(CC(=O)O)c1=O. The first-order valence-electron chi connectivity index (χ1n) is 7.60. The zero-order valence-electron chi connectivity index (χ0n) is 13.6. The van der Waals surface area contributed by atoms with Crippen LogP contribution in [0.4, 0.5) is 0 Å². The summed E-state index contributed by atoms with van der Waals surface area (Å²) >= 11 is 0. The number of carboxylic acid groups (broad SMARTS) is 1. The van der Waals surface area contributed by atoms with E-state index in [-0.39, 0.29) is 12.2 Å². The van der Waals surface area contributed by atoms with Crippen LogP contribution >= 0.6 is 0 Å². The fraction of sp³-hybridized carbons (Fsp3) is 0.278. The Hall–Kier alpha value is -2.89. The lowest BCUT2D eigenvalue weighted by atomic mass is 10.00. The van der Waals surface area contributed by atoms with E-state index in [2.05, 4.69) is 0 Å². The maximum atomic E-state index is 12.7. The number of benzene rings is 1. The molecule has 0 aliphatic carbocycles. The molecule has 0 aliphatic rings. The normalized spacial score (nSPS) is 10.4. The van der Waals surface area contributed by atoms with Crippen molar-refractivity contribution >= 4 is 11.9 Å². The lowest BCUT2D eigenvalue weighted by Gasteiger charge is -2.14. The van der Waals surface area contributed by atoms with E-state index in [1.165, 1.54) is 0 Å². The number of aryl methyl sites for hydroxylation is 1. The lowest BCUT2D eigenvalue weighted by Crippen LogP contribution is -2.33. The average molecular weight is 329 g/mol. The van der Waals surface area contributed by atoms with Crippen molar-refractivity contribution in [3.63, 3.8) is 0 Å². The van der Waals surface area contributed by atoms with Crippen LogP contribution in [0, 0.1) is 6.92 Å². The van der Waals surface area contributed by atoms with Gasteiger partial charge in [0.1, 0.15) is 12.1 Å². The summed E-state index contributed by atoms with van der Waals surface area (Å²) in [6.07, 6.45) is 0.388. The predicted molar refractivity (Wildman–Crippen MR) is 88.3 cm³/mol. The Morgan fingerprint density at radius 1 is 1.21 bits per heavy atom. The Morgan fingerprint density at radius 3 is 2.46 bits per heavy atom. The Kier molecular flexibility index (Phi) is 5.52. The topological polar surface area (TPSA) is 85.6 Å². The van der Waals surface area contributed by atoms with Crippen molar-refractivity contribution in [3.05, 3.63) is 69.1 Å². The van der Waals surface area contributed by atoms with Gasteiger partial charge in [0.15, 0.2) is 0 Å². The number of nitrogens with zero attached hydrogens (tertiary/aromatic N) is 1. The summed E-state index contributed by atoms with van der Waals surface area (Å²) < 4.78 is 6.06. The minimum atomic E-state index is -1.15. The van der Waals surface area contributed by atoms with E-state index >= 15 is 0 Å². The molecule has 24 heavy (non-hydrogen) atoms. The molecule has 1 aromatic heterocycles. The van der Waals surface area contributed by atoms with Crippen molar-refractivity contribution in [1.29, 1.82) is 0 Å². The maximum absolute atomic E-state index is 12.7. The van der Waals surface area contributed by atoms with E-state index in [0.717, 1.165) is 10.1 Å². The second kappa shape index (κ2) is 7.59. The van der Waals surface area contributed by atoms with Crippen molar-refractivity contribution < 1.29 is 19.4 Å². The highest BCUT2D eigenvalue weighted by Gasteiger charge is 2.21. The van der Waals surface area contributed by atoms with Crippen LogP contribution in [0.1, 0.15) is 34.1 Å². The number of carbonyl (C=O) groups excluding carboxylic acids is 1. The molecular weight excluding hydrogens is 310 g/mol. The Labute approximate surface area is 139 Å². The second-order valence-electron chi connectivity index (χ2n) is 5.35. The highest BCUT2D eigenvalue weighted by atomic mass is 16.5. The Bertz CT molecular complexity index is 808. The van der Waals surface area contributed by atoms with E-state index in [9.17, 15) is 14.4 Å². The van der Waals surface area contributed by atoms with Crippen molar-refractivity contribution in [1.82, 2.24) is 4.57 Å². The first-order valence-corrected chi connectivity index (χ1v) is 7.60. The number of hydrogen-bond acceptors (Lipinski definition) is 4. The molecule has 0 radical (unpaired) electrons. The van der Waals surface area contributed by atoms with Crippen molar-refractivity contribution in [2.24, 2.45) is 0 Å². The molecule has 0 atom stereocenters. The second-order valence-corrected chi connectivity index (χ2v) is 5.35. The smallest absolute Gasteiger partial charge is 0.344 e. The van der Waals surface area contributed by atoms with Crippen LogP contribution in [-0.4, -0.2) is 28.2 Å². The molecule has 6 nitrogen and oxygen atoms in total. The summed E-state index contributed by atoms with van der Waals surface area (Å²) in [5, 5.41) is 8.98. The number of aromatic nitrogens is 1. The van der Waals surface area contributed by atoms with Crippen molar-refractivity contribution in [2.75, 3.05) is 6.61 Å².